The first kappa shape index (κ1) is 22.2. The summed E-state index contributed by atoms with van der Waals surface area (Å²) >= 11 is 2.71. The third kappa shape index (κ3) is 4.30. The Morgan fingerprint density at radius 2 is 1.88 bits per heavy atom. The summed E-state index contributed by atoms with van der Waals surface area (Å²) in [6.07, 6.45) is 1.71. The average molecular weight is 491 g/mol. The molecule has 5 rings (SSSR count). The van der Waals surface area contributed by atoms with Crippen LogP contribution >= 0.6 is 22.7 Å². The van der Waals surface area contributed by atoms with Gasteiger partial charge < -0.3 is 4.74 Å². The Bertz CT molecular complexity index is 1550. The van der Waals surface area contributed by atoms with E-state index in [-0.39, 0.29) is 18.0 Å². The van der Waals surface area contributed by atoms with Crippen molar-refractivity contribution in [1.29, 1.82) is 0 Å². The molecule has 0 amide bonds. The average Bonchev–Trinajstić information content (AvgIpc) is 3.47. The summed E-state index contributed by atoms with van der Waals surface area (Å²) in [6, 6.07) is 18.5. The van der Waals surface area contributed by atoms with Gasteiger partial charge in [0.1, 0.15) is 18.5 Å². The van der Waals surface area contributed by atoms with Gasteiger partial charge in [0, 0.05) is 4.88 Å². The van der Waals surface area contributed by atoms with E-state index in [2.05, 4.69) is 4.99 Å². The van der Waals surface area contributed by atoms with E-state index in [4.69, 9.17) is 4.74 Å². The molecular weight excluding hydrogens is 471 g/mol. The lowest BCUT2D eigenvalue weighted by molar-refractivity contribution is -0.140. The smallest absolute Gasteiger partial charge is 0.338 e. The first-order chi connectivity index (χ1) is 16.5. The van der Waals surface area contributed by atoms with Crippen LogP contribution in [-0.2, 0) is 16.1 Å². The Hall–Kier alpha value is -3.62. The van der Waals surface area contributed by atoms with Gasteiger partial charge in [0.25, 0.3) is 5.56 Å². The summed E-state index contributed by atoms with van der Waals surface area (Å²) < 4.78 is 20.9. The van der Waals surface area contributed by atoms with E-state index in [1.807, 2.05) is 47.8 Å². The molecule has 0 N–H and O–H groups in total. The predicted molar refractivity (Wildman–Crippen MR) is 131 cm³/mol. The Labute approximate surface area is 202 Å². The number of rotatable bonds is 5. The third-order valence-corrected chi connectivity index (χ3v) is 7.34. The van der Waals surface area contributed by atoms with Crippen molar-refractivity contribution in [2.45, 2.75) is 19.6 Å². The number of carbonyl (C=O) groups excluding carboxylic acids is 1. The van der Waals surface area contributed by atoms with Crippen LogP contribution in [0.2, 0.25) is 0 Å². The number of carbonyl (C=O) groups is 1. The fourth-order valence-electron chi connectivity index (χ4n) is 3.81. The Balaban J connectivity index is 1.58. The van der Waals surface area contributed by atoms with E-state index in [9.17, 15) is 14.0 Å². The highest BCUT2D eigenvalue weighted by Crippen LogP contribution is 2.33. The number of fused-ring (bicyclic) bond motifs is 1. The van der Waals surface area contributed by atoms with Gasteiger partial charge in [-0.1, -0.05) is 59.9 Å². The topological polar surface area (TPSA) is 60.7 Å². The van der Waals surface area contributed by atoms with Gasteiger partial charge in [-0.3, -0.25) is 9.36 Å². The second-order valence-electron chi connectivity index (χ2n) is 7.71. The van der Waals surface area contributed by atoms with Gasteiger partial charge in [-0.25, -0.2) is 14.2 Å². The quantitative estimate of drug-likeness (QED) is 0.395. The molecule has 0 saturated heterocycles. The third-order valence-electron chi connectivity index (χ3n) is 5.43. The molecule has 0 unspecified atom stereocenters. The van der Waals surface area contributed by atoms with E-state index in [1.165, 1.54) is 34.8 Å². The predicted octanol–water partition coefficient (Wildman–Crippen LogP) is 4.18. The lowest BCUT2D eigenvalue weighted by atomic mass is 10.0. The summed E-state index contributed by atoms with van der Waals surface area (Å²) in [5.41, 5.74) is 2.19. The second-order valence-corrected chi connectivity index (χ2v) is 9.70. The molecule has 0 fully saturated rings. The first-order valence-corrected chi connectivity index (χ1v) is 12.2. The number of thiazole rings is 1. The molecule has 1 aliphatic heterocycles. The van der Waals surface area contributed by atoms with Crippen LogP contribution in [0.1, 0.15) is 29.0 Å². The molecule has 0 radical (unpaired) electrons. The zero-order valence-corrected chi connectivity index (χ0v) is 19.7. The number of ether oxygens (including phenoxy) is 1. The molecule has 170 valence electrons. The molecule has 3 heterocycles. The SMILES string of the molecule is CC1=C(C(=O)OCc2ccccc2)[C@@H](c2cccs2)n2c(s/c(=C/c3ccc(F)cc3)c2=O)=N1. The van der Waals surface area contributed by atoms with Crippen molar-refractivity contribution in [2.75, 3.05) is 0 Å². The van der Waals surface area contributed by atoms with Crippen molar-refractivity contribution >= 4 is 34.7 Å². The van der Waals surface area contributed by atoms with E-state index in [0.717, 1.165) is 10.4 Å². The number of halogens is 1. The van der Waals surface area contributed by atoms with Gasteiger partial charge in [-0.2, -0.15) is 0 Å². The summed E-state index contributed by atoms with van der Waals surface area (Å²) in [7, 11) is 0. The van der Waals surface area contributed by atoms with Crippen molar-refractivity contribution in [2.24, 2.45) is 4.99 Å². The molecule has 0 aliphatic carbocycles. The van der Waals surface area contributed by atoms with Gasteiger partial charge in [-0.15, -0.1) is 11.3 Å². The lowest BCUT2D eigenvalue weighted by Crippen LogP contribution is -2.39. The number of benzene rings is 2. The normalized spacial score (nSPS) is 15.7. The summed E-state index contributed by atoms with van der Waals surface area (Å²) in [5, 5.41) is 1.91. The van der Waals surface area contributed by atoms with Crippen LogP contribution in [0, 0.1) is 5.82 Å². The number of esters is 1. The Morgan fingerprint density at radius 1 is 1.12 bits per heavy atom. The van der Waals surface area contributed by atoms with Crippen LogP contribution in [0.5, 0.6) is 0 Å². The highest BCUT2D eigenvalue weighted by Gasteiger charge is 2.34. The number of hydrogen-bond donors (Lipinski definition) is 0. The monoisotopic (exact) mass is 490 g/mol. The molecule has 34 heavy (non-hydrogen) atoms. The maximum atomic E-state index is 13.5. The number of aromatic nitrogens is 1. The fourth-order valence-corrected chi connectivity index (χ4v) is 5.68. The van der Waals surface area contributed by atoms with Crippen LogP contribution in [0.4, 0.5) is 4.39 Å². The molecule has 5 nitrogen and oxygen atoms in total. The van der Waals surface area contributed by atoms with Crippen molar-refractivity contribution in [3.8, 4) is 0 Å². The van der Waals surface area contributed by atoms with Crippen LogP contribution in [0.3, 0.4) is 0 Å². The Morgan fingerprint density at radius 3 is 2.59 bits per heavy atom. The van der Waals surface area contributed by atoms with E-state index < -0.39 is 12.0 Å². The minimum atomic E-state index is -0.630. The van der Waals surface area contributed by atoms with Gasteiger partial charge in [0.05, 0.1) is 15.8 Å². The standard InChI is InChI=1S/C26H19FN2O3S2/c1-16-22(25(31)32-15-18-6-3-2-4-7-18)23(20-8-5-13-33-20)29-24(30)21(34-26(29)28-16)14-17-9-11-19(27)12-10-17/h2-14,23H,15H2,1H3/b21-14+/t23-/m1/s1. The van der Waals surface area contributed by atoms with Crippen molar-refractivity contribution in [1.82, 2.24) is 4.57 Å². The lowest BCUT2D eigenvalue weighted by Gasteiger charge is -2.23. The van der Waals surface area contributed by atoms with Crippen molar-refractivity contribution < 1.29 is 13.9 Å². The molecule has 1 aliphatic rings. The highest BCUT2D eigenvalue weighted by atomic mass is 32.1. The van der Waals surface area contributed by atoms with Gasteiger partial charge in [0.2, 0.25) is 0 Å². The van der Waals surface area contributed by atoms with Gasteiger partial charge >= 0.3 is 5.97 Å². The number of thiophene rings is 1. The van der Waals surface area contributed by atoms with Crippen molar-refractivity contribution in [3.05, 3.63) is 125 Å². The molecule has 1 atom stereocenters. The van der Waals surface area contributed by atoms with Crippen molar-refractivity contribution in [3.63, 3.8) is 0 Å². The van der Waals surface area contributed by atoms with Crippen LogP contribution in [0.25, 0.3) is 6.08 Å². The molecule has 2 aromatic heterocycles. The second kappa shape index (κ2) is 9.32. The van der Waals surface area contributed by atoms with E-state index >= 15 is 0 Å². The summed E-state index contributed by atoms with van der Waals surface area (Å²) in [4.78, 5) is 32.7. The zero-order chi connectivity index (χ0) is 23.7. The summed E-state index contributed by atoms with van der Waals surface area (Å²) in [6.45, 7) is 1.89. The Kier molecular flexibility index (Phi) is 6.08. The molecular formula is C26H19FN2O3S2. The summed E-state index contributed by atoms with van der Waals surface area (Å²) in [5.74, 6) is -0.845. The molecule has 0 saturated carbocycles. The zero-order valence-electron chi connectivity index (χ0n) is 18.1. The first-order valence-electron chi connectivity index (χ1n) is 10.5. The minimum Gasteiger partial charge on any atom is -0.457 e. The van der Waals surface area contributed by atoms with Gasteiger partial charge in [0.15, 0.2) is 4.80 Å². The largest absolute Gasteiger partial charge is 0.457 e. The van der Waals surface area contributed by atoms with Crippen LogP contribution in [-0.4, -0.2) is 10.5 Å². The molecule has 4 aromatic rings. The molecule has 0 spiro atoms. The maximum Gasteiger partial charge on any atom is 0.338 e. The molecule has 0 bridgehead atoms. The van der Waals surface area contributed by atoms with Gasteiger partial charge in [-0.05, 0) is 47.7 Å². The van der Waals surface area contributed by atoms with Crippen LogP contribution < -0.4 is 14.9 Å². The van der Waals surface area contributed by atoms with E-state index in [1.54, 1.807) is 29.7 Å². The highest BCUT2D eigenvalue weighted by molar-refractivity contribution is 7.10. The minimum absolute atomic E-state index is 0.128. The maximum absolute atomic E-state index is 13.5. The number of allylic oxidation sites excluding steroid dienone is 1. The number of hydrogen-bond acceptors (Lipinski definition) is 6. The number of nitrogens with zero attached hydrogens (tertiary/aromatic N) is 2. The van der Waals surface area contributed by atoms with Crippen LogP contribution in [0.15, 0.2) is 93.2 Å². The fraction of sp³-hybridized carbons (Fsp3) is 0.115. The van der Waals surface area contributed by atoms with E-state index in [0.29, 0.717) is 26.2 Å². The molecule has 2 aromatic carbocycles. The molecule has 8 heteroatoms.